The molecular weight excluding hydrogens is 330 g/mol. The van der Waals surface area contributed by atoms with Crippen LogP contribution >= 0.6 is 0 Å². The van der Waals surface area contributed by atoms with E-state index in [-0.39, 0.29) is 24.1 Å². The van der Waals surface area contributed by atoms with Crippen molar-refractivity contribution < 1.29 is 18.8 Å². The summed E-state index contributed by atoms with van der Waals surface area (Å²) in [6.07, 6.45) is 2.99. The number of ether oxygens (including phenoxy) is 1. The number of benzene rings is 1. The summed E-state index contributed by atoms with van der Waals surface area (Å²) in [5.41, 5.74) is 1.72. The molecule has 1 aromatic rings. The van der Waals surface area contributed by atoms with E-state index in [1.54, 1.807) is 19.9 Å². The zero-order chi connectivity index (χ0) is 19.3. The molecule has 1 heterocycles. The number of carbonyl (C=O) groups excluding carboxylic acids is 2. The molecule has 1 aromatic carbocycles. The molecule has 2 rings (SSSR count). The first-order chi connectivity index (χ1) is 12.4. The van der Waals surface area contributed by atoms with Gasteiger partial charge in [0.2, 0.25) is 0 Å². The first kappa shape index (κ1) is 19.9. The van der Waals surface area contributed by atoms with E-state index in [0.29, 0.717) is 16.8 Å². The van der Waals surface area contributed by atoms with Crippen LogP contribution < -0.4 is 5.32 Å². The number of nitriles is 1. The monoisotopic (exact) mass is 358 g/mol. The fourth-order valence-corrected chi connectivity index (χ4v) is 3.87. The highest BCUT2D eigenvalue weighted by Crippen LogP contribution is 2.27. The Bertz CT molecular complexity index is 731. The van der Waals surface area contributed by atoms with Crippen molar-refractivity contribution in [3.63, 3.8) is 0 Å². The van der Waals surface area contributed by atoms with Gasteiger partial charge in [0, 0.05) is 19.3 Å². The number of amides is 1. The van der Waals surface area contributed by atoms with Crippen molar-refractivity contribution in [3.8, 4) is 6.07 Å². The lowest BCUT2D eigenvalue weighted by Gasteiger charge is -2.36. The van der Waals surface area contributed by atoms with Crippen LogP contribution in [0.15, 0.2) is 12.1 Å². The summed E-state index contributed by atoms with van der Waals surface area (Å²) in [6, 6.07) is 5.03. The highest BCUT2D eigenvalue weighted by molar-refractivity contribution is 6.03. The van der Waals surface area contributed by atoms with E-state index in [1.165, 1.54) is 6.07 Å². The number of likely N-dealkylation sites (tertiary alicyclic amines) is 1. The van der Waals surface area contributed by atoms with Gasteiger partial charge in [0.15, 0.2) is 6.04 Å². The molecule has 6 heteroatoms. The topological polar surface area (TPSA) is 79.2 Å². The van der Waals surface area contributed by atoms with Crippen molar-refractivity contribution in [3.05, 3.63) is 28.8 Å². The number of hydrogen-bond donors (Lipinski definition) is 1. The molecule has 0 bridgehead atoms. The number of quaternary nitrogens is 1. The van der Waals surface area contributed by atoms with Gasteiger partial charge < -0.3 is 14.5 Å². The molecule has 1 fully saturated rings. The Hall–Kier alpha value is -2.39. The fourth-order valence-electron chi connectivity index (χ4n) is 3.87. The summed E-state index contributed by atoms with van der Waals surface area (Å²) in [7, 11) is 2.12. The summed E-state index contributed by atoms with van der Waals surface area (Å²) in [5.74, 6) is -0.618. The fraction of sp³-hybridized carbons (Fsp3) is 0.550. The van der Waals surface area contributed by atoms with Gasteiger partial charge in [0.05, 0.1) is 49.6 Å². The molecule has 26 heavy (non-hydrogen) atoms. The van der Waals surface area contributed by atoms with Crippen LogP contribution in [0.1, 0.15) is 54.6 Å². The Morgan fingerprint density at radius 3 is 2.50 bits per heavy atom. The number of anilines is 1. The van der Waals surface area contributed by atoms with Crippen LogP contribution in [0.4, 0.5) is 5.69 Å². The first-order valence-electron chi connectivity index (χ1n) is 9.23. The van der Waals surface area contributed by atoms with Gasteiger partial charge in [-0.3, -0.25) is 4.79 Å². The lowest BCUT2D eigenvalue weighted by Crippen LogP contribution is -2.55. The molecule has 0 saturated carbocycles. The molecule has 140 valence electrons. The van der Waals surface area contributed by atoms with Crippen molar-refractivity contribution in [2.24, 2.45) is 0 Å². The zero-order valence-corrected chi connectivity index (χ0v) is 16.1. The molecule has 1 N–H and O–H groups in total. The maximum Gasteiger partial charge on any atom is 0.340 e. The molecule has 1 aliphatic heterocycles. The van der Waals surface area contributed by atoms with E-state index in [4.69, 9.17) is 4.74 Å². The SMILES string of the molecule is CCOC(=O)c1cc(C#N)cc(C)c1NC(=O)C(CC)[N+]1(C)CCCC1. The zero-order valence-electron chi connectivity index (χ0n) is 16.1. The number of carbonyl (C=O) groups is 2. The molecule has 1 saturated heterocycles. The largest absolute Gasteiger partial charge is 0.462 e. The molecule has 1 aliphatic rings. The summed E-state index contributed by atoms with van der Waals surface area (Å²) in [5, 5.41) is 12.1. The summed E-state index contributed by atoms with van der Waals surface area (Å²) >= 11 is 0. The Morgan fingerprint density at radius 1 is 1.31 bits per heavy atom. The van der Waals surface area contributed by atoms with Gasteiger partial charge in [-0.05, 0) is 31.5 Å². The number of aryl methyl sites for hydroxylation is 1. The standard InChI is InChI=1S/C20H27N3O3/c1-5-17(23(4)9-7-8-10-23)19(24)22-18-14(3)11-15(13-21)12-16(18)20(25)26-6-2/h11-12,17H,5-10H2,1-4H3/p+1. The summed E-state index contributed by atoms with van der Waals surface area (Å²) in [4.78, 5) is 25.4. The molecule has 0 aliphatic carbocycles. The number of likely N-dealkylation sites (N-methyl/N-ethyl adjacent to an activating group) is 1. The van der Waals surface area contributed by atoms with Crippen LogP contribution in [0, 0.1) is 18.3 Å². The molecule has 1 atom stereocenters. The van der Waals surface area contributed by atoms with Crippen LogP contribution in [0.2, 0.25) is 0 Å². The van der Waals surface area contributed by atoms with Gasteiger partial charge >= 0.3 is 5.97 Å². The van der Waals surface area contributed by atoms with Gasteiger partial charge in [-0.2, -0.15) is 5.26 Å². The second-order valence-corrected chi connectivity index (χ2v) is 7.10. The number of rotatable bonds is 6. The van der Waals surface area contributed by atoms with Gasteiger partial charge in [-0.15, -0.1) is 0 Å². The molecule has 1 amide bonds. The van der Waals surface area contributed by atoms with Crippen molar-refractivity contribution in [1.29, 1.82) is 5.26 Å². The Kier molecular flexibility index (Phi) is 6.38. The van der Waals surface area contributed by atoms with Crippen molar-refractivity contribution in [2.75, 3.05) is 32.1 Å². The Balaban J connectivity index is 2.36. The third kappa shape index (κ3) is 4.05. The van der Waals surface area contributed by atoms with Crippen LogP contribution in [0.25, 0.3) is 0 Å². The number of hydrogen-bond acceptors (Lipinski definition) is 4. The summed E-state index contributed by atoms with van der Waals surface area (Å²) < 4.78 is 5.84. The highest BCUT2D eigenvalue weighted by atomic mass is 16.5. The lowest BCUT2D eigenvalue weighted by molar-refractivity contribution is -0.913. The Morgan fingerprint density at radius 2 is 1.96 bits per heavy atom. The molecule has 0 spiro atoms. The maximum atomic E-state index is 13.0. The average Bonchev–Trinajstić information content (AvgIpc) is 3.04. The maximum absolute atomic E-state index is 13.0. The van der Waals surface area contributed by atoms with Crippen molar-refractivity contribution in [2.45, 2.75) is 46.1 Å². The van der Waals surface area contributed by atoms with Crippen molar-refractivity contribution >= 4 is 17.6 Å². The van der Waals surface area contributed by atoms with Crippen LogP contribution in [0.3, 0.4) is 0 Å². The predicted molar refractivity (Wildman–Crippen MR) is 99.7 cm³/mol. The molecule has 1 unspecified atom stereocenters. The average molecular weight is 358 g/mol. The first-order valence-corrected chi connectivity index (χ1v) is 9.23. The second kappa shape index (κ2) is 8.33. The van der Waals surface area contributed by atoms with Gasteiger partial charge in [-0.1, -0.05) is 6.92 Å². The number of nitrogens with one attached hydrogen (secondary N) is 1. The minimum Gasteiger partial charge on any atom is -0.462 e. The van der Waals surface area contributed by atoms with Gasteiger partial charge in [0.25, 0.3) is 5.91 Å². The minimum atomic E-state index is -0.530. The van der Waals surface area contributed by atoms with Crippen LogP contribution in [0.5, 0.6) is 0 Å². The van der Waals surface area contributed by atoms with E-state index >= 15 is 0 Å². The smallest absolute Gasteiger partial charge is 0.340 e. The van der Waals surface area contributed by atoms with Crippen molar-refractivity contribution in [1.82, 2.24) is 0 Å². The van der Waals surface area contributed by atoms with E-state index in [1.807, 2.05) is 13.0 Å². The molecular formula is C20H28N3O3+. The quantitative estimate of drug-likeness (QED) is 0.626. The molecule has 0 aromatic heterocycles. The normalized spacial score (nSPS) is 16.6. The van der Waals surface area contributed by atoms with E-state index in [0.717, 1.165) is 36.8 Å². The number of nitrogens with zero attached hydrogens (tertiary/aromatic N) is 2. The molecule has 0 radical (unpaired) electrons. The van der Waals surface area contributed by atoms with E-state index < -0.39 is 5.97 Å². The third-order valence-corrected chi connectivity index (χ3v) is 5.24. The van der Waals surface area contributed by atoms with Crippen LogP contribution in [-0.4, -0.2) is 49.1 Å². The predicted octanol–water partition coefficient (Wildman–Crippen LogP) is 3.00. The minimum absolute atomic E-state index is 0.0877. The summed E-state index contributed by atoms with van der Waals surface area (Å²) in [6.45, 7) is 7.74. The molecule has 6 nitrogen and oxygen atoms in total. The van der Waals surface area contributed by atoms with Gasteiger partial charge in [-0.25, -0.2) is 4.79 Å². The second-order valence-electron chi connectivity index (χ2n) is 7.10. The number of esters is 1. The van der Waals surface area contributed by atoms with Crippen LogP contribution in [-0.2, 0) is 9.53 Å². The Labute approximate surface area is 155 Å². The lowest BCUT2D eigenvalue weighted by atomic mass is 10.0. The third-order valence-electron chi connectivity index (χ3n) is 5.24. The van der Waals surface area contributed by atoms with E-state index in [9.17, 15) is 14.9 Å². The highest BCUT2D eigenvalue weighted by Gasteiger charge is 2.39. The van der Waals surface area contributed by atoms with E-state index in [2.05, 4.69) is 12.4 Å². The van der Waals surface area contributed by atoms with Gasteiger partial charge in [0.1, 0.15) is 0 Å².